The monoisotopic (exact) mass is 353 g/mol. The van der Waals surface area contributed by atoms with Gasteiger partial charge in [-0.25, -0.2) is 14.1 Å². The van der Waals surface area contributed by atoms with E-state index in [2.05, 4.69) is 14.8 Å². The standard InChI is InChI=1S/C12H11ClF3N3O2S/c1-3-20-9-5-8(7(14)4-6(9)13)17-11-19(2)18-12(22-11)21-10(15)16/h4-5,10H,3H2,1-2H3/b17-11+. The van der Waals surface area contributed by atoms with Gasteiger partial charge >= 0.3 is 6.61 Å². The summed E-state index contributed by atoms with van der Waals surface area (Å²) in [6, 6.07) is 2.40. The van der Waals surface area contributed by atoms with E-state index in [0.717, 1.165) is 17.4 Å². The quantitative estimate of drug-likeness (QED) is 0.826. The molecule has 0 fully saturated rings. The molecular formula is C12H11ClF3N3O2S. The fourth-order valence-electron chi connectivity index (χ4n) is 1.52. The lowest BCUT2D eigenvalue weighted by Gasteiger charge is -2.06. The number of halogens is 4. The Bertz CT molecular complexity index is 733. The second kappa shape index (κ2) is 7.01. The molecule has 5 nitrogen and oxygen atoms in total. The highest BCUT2D eigenvalue weighted by atomic mass is 35.5. The van der Waals surface area contributed by atoms with E-state index >= 15 is 0 Å². The molecule has 0 radical (unpaired) electrons. The predicted molar refractivity (Wildman–Crippen MR) is 75.5 cm³/mol. The van der Waals surface area contributed by atoms with Crippen molar-refractivity contribution in [2.45, 2.75) is 13.5 Å². The van der Waals surface area contributed by atoms with Gasteiger partial charge in [0.25, 0.3) is 5.19 Å². The Kier molecular flexibility index (Phi) is 5.30. The smallest absolute Gasteiger partial charge is 0.389 e. The Balaban J connectivity index is 2.44. The number of ether oxygens (including phenoxy) is 2. The van der Waals surface area contributed by atoms with Crippen molar-refractivity contribution in [2.75, 3.05) is 6.61 Å². The molecule has 0 atom stereocenters. The van der Waals surface area contributed by atoms with Gasteiger partial charge in [-0.2, -0.15) is 8.78 Å². The van der Waals surface area contributed by atoms with Crippen molar-refractivity contribution in [1.82, 2.24) is 9.78 Å². The fourth-order valence-corrected chi connectivity index (χ4v) is 2.48. The van der Waals surface area contributed by atoms with Gasteiger partial charge in [0, 0.05) is 13.1 Å². The minimum atomic E-state index is -2.99. The van der Waals surface area contributed by atoms with Crippen LogP contribution in [0.15, 0.2) is 17.1 Å². The molecule has 0 N–H and O–H groups in total. The molecular weight excluding hydrogens is 343 g/mol. The summed E-state index contributed by atoms with van der Waals surface area (Å²) in [5, 5.41) is 3.56. The first-order chi connectivity index (χ1) is 10.4. The number of rotatable bonds is 5. The van der Waals surface area contributed by atoms with Crippen molar-refractivity contribution in [2.24, 2.45) is 12.0 Å². The molecule has 120 valence electrons. The number of benzene rings is 1. The lowest BCUT2D eigenvalue weighted by Crippen LogP contribution is -2.11. The number of hydrogen-bond acceptors (Lipinski definition) is 5. The van der Waals surface area contributed by atoms with E-state index in [9.17, 15) is 13.2 Å². The van der Waals surface area contributed by atoms with Crippen LogP contribution in [0, 0.1) is 5.82 Å². The Labute approximate surface area is 132 Å². The van der Waals surface area contributed by atoms with E-state index in [4.69, 9.17) is 16.3 Å². The average Bonchev–Trinajstić information content (AvgIpc) is 2.74. The highest BCUT2D eigenvalue weighted by molar-refractivity contribution is 7.10. The predicted octanol–water partition coefficient (Wildman–Crippen LogP) is 3.51. The highest BCUT2D eigenvalue weighted by Crippen LogP contribution is 2.32. The van der Waals surface area contributed by atoms with E-state index < -0.39 is 12.4 Å². The topological polar surface area (TPSA) is 48.6 Å². The molecule has 0 bridgehead atoms. The van der Waals surface area contributed by atoms with E-state index in [-0.39, 0.29) is 26.5 Å². The summed E-state index contributed by atoms with van der Waals surface area (Å²) in [6.45, 7) is -0.880. The van der Waals surface area contributed by atoms with E-state index in [1.165, 1.54) is 17.8 Å². The zero-order chi connectivity index (χ0) is 16.3. The van der Waals surface area contributed by atoms with E-state index in [1.54, 1.807) is 6.92 Å². The van der Waals surface area contributed by atoms with Gasteiger partial charge < -0.3 is 9.47 Å². The molecule has 1 heterocycles. The number of aryl methyl sites for hydroxylation is 1. The summed E-state index contributed by atoms with van der Waals surface area (Å²) in [4.78, 5) is 4.21. The Hall–Kier alpha value is -1.74. The maximum Gasteiger partial charge on any atom is 0.389 e. The molecule has 0 aliphatic carbocycles. The molecule has 22 heavy (non-hydrogen) atoms. The van der Waals surface area contributed by atoms with Crippen molar-refractivity contribution in [3.05, 3.63) is 27.8 Å². The van der Waals surface area contributed by atoms with Crippen molar-refractivity contribution in [3.63, 3.8) is 0 Å². The number of aromatic nitrogens is 2. The molecule has 0 aliphatic heterocycles. The van der Waals surface area contributed by atoms with E-state index in [1.807, 2.05) is 0 Å². The molecule has 2 rings (SSSR count). The highest BCUT2D eigenvalue weighted by Gasteiger charge is 2.12. The zero-order valence-corrected chi connectivity index (χ0v) is 13.1. The molecule has 1 aromatic heterocycles. The number of nitrogens with zero attached hydrogens (tertiary/aromatic N) is 3. The van der Waals surface area contributed by atoms with Crippen LogP contribution in [-0.2, 0) is 7.05 Å². The van der Waals surface area contributed by atoms with Crippen LogP contribution in [-0.4, -0.2) is 23.0 Å². The molecule has 0 spiro atoms. The van der Waals surface area contributed by atoms with Crippen LogP contribution in [0.25, 0.3) is 0 Å². The SMILES string of the molecule is CCOc1cc(/N=c2/sc(OC(F)F)nn2C)c(F)cc1Cl. The van der Waals surface area contributed by atoms with Crippen molar-refractivity contribution in [3.8, 4) is 10.9 Å². The van der Waals surface area contributed by atoms with Crippen molar-refractivity contribution >= 4 is 28.6 Å². The van der Waals surface area contributed by atoms with Crippen LogP contribution in [0.5, 0.6) is 10.9 Å². The van der Waals surface area contributed by atoms with Gasteiger partial charge in [0.05, 0.1) is 11.6 Å². The minimum absolute atomic E-state index is 0.0457. The molecule has 0 aliphatic rings. The van der Waals surface area contributed by atoms with Crippen LogP contribution in [0.2, 0.25) is 5.02 Å². The largest absolute Gasteiger partial charge is 0.492 e. The van der Waals surface area contributed by atoms with Gasteiger partial charge in [-0.15, -0.1) is 5.10 Å². The number of hydrogen-bond donors (Lipinski definition) is 0. The second-order valence-corrected chi connectivity index (χ2v) is 5.26. The normalized spacial score (nSPS) is 12.0. The second-order valence-electron chi connectivity index (χ2n) is 3.93. The van der Waals surface area contributed by atoms with Gasteiger partial charge in [0.15, 0.2) is 5.82 Å². The Morgan fingerprint density at radius 1 is 1.45 bits per heavy atom. The molecule has 2 aromatic rings. The molecule has 0 saturated heterocycles. The fraction of sp³-hybridized carbons (Fsp3) is 0.333. The van der Waals surface area contributed by atoms with Gasteiger partial charge in [-0.1, -0.05) is 11.6 Å². The maximum atomic E-state index is 13.9. The molecule has 0 unspecified atom stereocenters. The third kappa shape index (κ3) is 3.92. The van der Waals surface area contributed by atoms with Gasteiger partial charge in [-0.05, 0) is 24.3 Å². The molecule has 0 amide bonds. The molecule has 10 heteroatoms. The van der Waals surface area contributed by atoms with Crippen molar-refractivity contribution < 1.29 is 22.6 Å². The van der Waals surface area contributed by atoms with Crippen LogP contribution >= 0.6 is 22.9 Å². The third-order valence-electron chi connectivity index (χ3n) is 2.39. The summed E-state index contributed by atoms with van der Waals surface area (Å²) in [5.74, 6) is -0.390. The lowest BCUT2D eigenvalue weighted by molar-refractivity contribution is -0.0506. The van der Waals surface area contributed by atoms with Gasteiger partial charge in [0.2, 0.25) is 4.80 Å². The van der Waals surface area contributed by atoms with Crippen LogP contribution in [0.1, 0.15) is 6.92 Å². The Morgan fingerprint density at radius 2 is 2.18 bits per heavy atom. The maximum absolute atomic E-state index is 13.9. The van der Waals surface area contributed by atoms with Gasteiger partial charge in [0.1, 0.15) is 11.4 Å². The summed E-state index contributed by atoms with van der Waals surface area (Å²) in [5.41, 5.74) is -0.0457. The van der Waals surface area contributed by atoms with Gasteiger partial charge in [-0.3, -0.25) is 0 Å². The first kappa shape index (κ1) is 16.6. The van der Waals surface area contributed by atoms with Crippen molar-refractivity contribution in [1.29, 1.82) is 0 Å². The van der Waals surface area contributed by atoms with Crippen LogP contribution < -0.4 is 14.3 Å². The third-order valence-corrected chi connectivity index (χ3v) is 3.58. The lowest BCUT2D eigenvalue weighted by atomic mass is 10.3. The van der Waals surface area contributed by atoms with E-state index in [0.29, 0.717) is 6.61 Å². The van der Waals surface area contributed by atoms with Crippen LogP contribution in [0.3, 0.4) is 0 Å². The number of alkyl halides is 2. The molecule has 1 aromatic carbocycles. The van der Waals surface area contributed by atoms with Crippen LogP contribution in [0.4, 0.5) is 18.9 Å². The first-order valence-corrected chi connectivity index (χ1v) is 7.25. The first-order valence-electron chi connectivity index (χ1n) is 6.06. The summed E-state index contributed by atoms with van der Waals surface area (Å²) < 4.78 is 48.8. The minimum Gasteiger partial charge on any atom is -0.492 e. The molecule has 0 saturated carbocycles. The Morgan fingerprint density at radius 3 is 2.82 bits per heavy atom. The zero-order valence-electron chi connectivity index (χ0n) is 11.5. The summed E-state index contributed by atoms with van der Waals surface area (Å²) >= 11 is 6.61. The summed E-state index contributed by atoms with van der Waals surface area (Å²) in [7, 11) is 1.48. The summed E-state index contributed by atoms with van der Waals surface area (Å²) in [6.07, 6.45) is 0. The average molecular weight is 354 g/mol.